The molecule has 1 saturated heterocycles. The number of hydrogen-bond acceptors (Lipinski definition) is 8. The van der Waals surface area contributed by atoms with Gasteiger partial charge in [0.1, 0.15) is 0 Å². The predicted octanol–water partition coefficient (Wildman–Crippen LogP) is 4.21. The summed E-state index contributed by atoms with van der Waals surface area (Å²) in [5.41, 5.74) is 0.287. The first-order valence-electron chi connectivity index (χ1n) is 9.00. The second-order valence-corrected chi connectivity index (χ2v) is 11.9. The summed E-state index contributed by atoms with van der Waals surface area (Å²) < 4.78 is 29.0. The molecule has 1 fully saturated rings. The molecule has 1 aromatic carbocycles. The molecule has 0 aliphatic carbocycles. The molecule has 1 amide bonds. The summed E-state index contributed by atoms with van der Waals surface area (Å²) in [6, 6.07) is 4.42. The molecule has 0 unspecified atom stereocenters. The lowest BCUT2D eigenvalue weighted by atomic mass is 10.2. The van der Waals surface area contributed by atoms with Gasteiger partial charge in [-0.3, -0.25) is 4.79 Å². The second kappa shape index (κ2) is 10.5. The summed E-state index contributed by atoms with van der Waals surface area (Å²) in [5.74, 6) is -0.162. The standard InChI is InChI=1S/C17H21ClN4O3S4/c1-26-16-20-21-17(28-16)27-11-15(23)19-14-10-12(6-7-13(14)18)29(24,25)22-8-4-2-3-5-9-22/h6-7,10H,2-5,8-9,11H2,1H3,(H,19,23). The van der Waals surface area contributed by atoms with Crippen molar-refractivity contribution < 1.29 is 13.2 Å². The van der Waals surface area contributed by atoms with Gasteiger partial charge in [-0.05, 0) is 37.3 Å². The summed E-state index contributed by atoms with van der Waals surface area (Å²) in [7, 11) is -3.62. The predicted molar refractivity (Wildman–Crippen MR) is 120 cm³/mol. The number of anilines is 1. The number of amides is 1. The van der Waals surface area contributed by atoms with E-state index in [1.165, 1.54) is 57.4 Å². The lowest BCUT2D eigenvalue weighted by Gasteiger charge is -2.20. The molecule has 1 aromatic heterocycles. The fraction of sp³-hybridized carbons (Fsp3) is 0.471. The zero-order valence-corrected chi connectivity index (χ0v) is 19.8. The van der Waals surface area contributed by atoms with Gasteiger partial charge in [-0.15, -0.1) is 10.2 Å². The molecule has 2 heterocycles. The maximum atomic E-state index is 13.0. The highest BCUT2D eigenvalue weighted by Gasteiger charge is 2.26. The van der Waals surface area contributed by atoms with Crippen LogP contribution in [0.5, 0.6) is 0 Å². The second-order valence-electron chi connectivity index (χ2n) is 6.33. The highest BCUT2D eigenvalue weighted by atomic mass is 35.5. The Hall–Kier alpha value is -0.850. The Morgan fingerprint density at radius 3 is 2.55 bits per heavy atom. The van der Waals surface area contributed by atoms with Crippen LogP contribution in [0.25, 0.3) is 0 Å². The molecule has 12 heteroatoms. The highest BCUT2D eigenvalue weighted by Crippen LogP contribution is 2.30. The number of rotatable bonds is 7. The molecule has 2 aromatic rings. The average molecular weight is 493 g/mol. The Bertz CT molecular complexity index is 959. The van der Waals surface area contributed by atoms with E-state index in [0.717, 1.165) is 30.0 Å². The van der Waals surface area contributed by atoms with Gasteiger partial charge in [-0.25, -0.2) is 8.42 Å². The minimum atomic E-state index is -3.62. The zero-order valence-electron chi connectivity index (χ0n) is 15.8. The van der Waals surface area contributed by atoms with E-state index in [9.17, 15) is 13.2 Å². The number of halogens is 1. The number of benzene rings is 1. The van der Waals surface area contributed by atoms with Crippen LogP contribution >= 0.6 is 46.5 Å². The van der Waals surface area contributed by atoms with E-state index < -0.39 is 10.0 Å². The van der Waals surface area contributed by atoms with Crippen molar-refractivity contribution in [2.75, 3.05) is 30.4 Å². The minimum absolute atomic E-state index is 0.127. The van der Waals surface area contributed by atoms with E-state index in [4.69, 9.17) is 11.6 Å². The van der Waals surface area contributed by atoms with Gasteiger partial charge in [-0.1, -0.05) is 59.3 Å². The van der Waals surface area contributed by atoms with Crippen molar-refractivity contribution in [1.82, 2.24) is 14.5 Å². The van der Waals surface area contributed by atoms with Gasteiger partial charge in [0.25, 0.3) is 0 Å². The number of hydrogen-bond donors (Lipinski definition) is 1. The number of carbonyl (C=O) groups excluding carboxylic acids is 1. The van der Waals surface area contributed by atoms with E-state index in [2.05, 4.69) is 15.5 Å². The van der Waals surface area contributed by atoms with Crippen LogP contribution in [0.4, 0.5) is 5.69 Å². The molecule has 1 N–H and O–H groups in total. The minimum Gasteiger partial charge on any atom is -0.324 e. The molecule has 1 aliphatic rings. The van der Waals surface area contributed by atoms with E-state index >= 15 is 0 Å². The first-order valence-corrected chi connectivity index (χ1v) is 13.8. The number of sulfonamides is 1. The van der Waals surface area contributed by atoms with Crippen LogP contribution in [0.15, 0.2) is 31.8 Å². The van der Waals surface area contributed by atoms with E-state index in [1.807, 2.05) is 6.26 Å². The molecule has 0 saturated carbocycles. The summed E-state index contributed by atoms with van der Waals surface area (Å²) in [6.07, 6.45) is 5.71. The first-order chi connectivity index (χ1) is 13.9. The van der Waals surface area contributed by atoms with Crippen LogP contribution < -0.4 is 5.32 Å². The highest BCUT2D eigenvalue weighted by molar-refractivity contribution is 8.03. The van der Waals surface area contributed by atoms with Crippen LogP contribution in [0.3, 0.4) is 0 Å². The van der Waals surface area contributed by atoms with Crippen LogP contribution in [0.2, 0.25) is 5.02 Å². The average Bonchev–Trinajstić information content (AvgIpc) is 2.98. The van der Waals surface area contributed by atoms with E-state index in [0.29, 0.717) is 22.5 Å². The number of nitrogens with zero attached hydrogens (tertiary/aromatic N) is 3. The maximum Gasteiger partial charge on any atom is 0.243 e. The molecule has 7 nitrogen and oxygen atoms in total. The van der Waals surface area contributed by atoms with Crippen LogP contribution in [0, 0.1) is 0 Å². The molecule has 1 aliphatic heterocycles. The van der Waals surface area contributed by atoms with Gasteiger partial charge in [0.05, 0.1) is 21.4 Å². The van der Waals surface area contributed by atoms with Crippen LogP contribution in [0.1, 0.15) is 25.7 Å². The third kappa shape index (κ3) is 6.08. The Kier molecular flexibility index (Phi) is 8.23. The maximum absolute atomic E-state index is 13.0. The Balaban J connectivity index is 1.68. The number of aromatic nitrogens is 2. The molecule has 3 rings (SSSR count). The Labute approximate surface area is 188 Å². The lowest BCUT2D eigenvalue weighted by Crippen LogP contribution is -2.32. The van der Waals surface area contributed by atoms with Crippen molar-refractivity contribution in [3.8, 4) is 0 Å². The van der Waals surface area contributed by atoms with Crippen molar-refractivity contribution >= 4 is 68.1 Å². The smallest absolute Gasteiger partial charge is 0.243 e. The Morgan fingerprint density at radius 2 is 1.90 bits per heavy atom. The van der Waals surface area contributed by atoms with Crippen molar-refractivity contribution in [3.05, 3.63) is 23.2 Å². The van der Waals surface area contributed by atoms with E-state index in [-0.39, 0.29) is 22.2 Å². The molecule has 0 bridgehead atoms. The van der Waals surface area contributed by atoms with Gasteiger partial charge in [0, 0.05) is 13.1 Å². The number of nitrogens with one attached hydrogen (secondary N) is 1. The lowest BCUT2D eigenvalue weighted by molar-refractivity contribution is -0.113. The van der Waals surface area contributed by atoms with Crippen molar-refractivity contribution in [3.63, 3.8) is 0 Å². The summed E-state index contributed by atoms with van der Waals surface area (Å²) in [6.45, 7) is 1.03. The van der Waals surface area contributed by atoms with Gasteiger partial charge in [0.15, 0.2) is 8.68 Å². The fourth-order valence-corrected chi connectivity index (χ4v) is 6.79. The van der Waals surface area contributed by atoms with Crippen molar-refractivity contribution in [2.45, 2.75) is 39.3 Å². The molecule has 0 spiro atoms. The number of carbonyl (C=O) groups is 1. The normalized spacial score (nSPS) is 15.8. The number of thioether (sulfide) groups is 2. The SMILES string of the molecule is CSc1nnc(SCC(=O)Nc2cc(S(=O)(=O)N3CCCCCC3)ccc2Cl)s1. The van der Waals surface area contributed by atoms with Gasteiger partial charge >= 0.3 is 0 Å². The fourth-order valence-electron chi connectivity index (χ4n) is 2.84. The zero-order chi connectivity index (χ0) is 20.9. The Morgan fingerprint density at radius 1 is 1.21 bits per heavy atom. The summed E-state index contributed by atoms with van der Waals surface area (Å²) in [5, 5.41) is 11.0. The third-order valence-corrected chi connectivity index (χ3v) is 9.56. The van der Waals surface area contributed by atoms with Gasteiger partial charge in [-0.2, -0.15) is 4.31 Å². The van der Waals surface area contributed by atoms with Crippen LogP contribution in [-0.4, -0.2) is 53.9 Å². The van der Waals surface area contributed by atoms with Gasteiger partial charge < -0.3 is 5.32 Å². The molecule has 158 valence electrons. The monoisotopic (exact) mass is 492 g/mol. The topological polar surface area (TPSA) is 92.3 Å². The molecular weight excluding hydrogens is 472 g/mol. The van der Waals surface area contributed by atoms with Crippen molar-refractivity contribution in [1.29, 1.82) is 0 Å². The van der Waals surface area contributed by atoms with Crippen LogP contribution in [-0.2, 0) is 14.8 Å². The largest absolute Gasteiger partial charge is 0.324 e. The first kappa shape index (κ1) is 22.8. The van der Waals surface area contributed by atoms with Gasteiger partial charge in [0.2, 0.25) is 15.9 Å². The summed E-state index contributed by atoms with van der Waals surface area (Å²) in [4.78, 5) is 12.5. The molecule has 0 atom stereocenters. The third-order valence-electron chi connectivity index (χ3n) is 4.30. The molecule has 29 heavy (non-hydrogen) atoms. The summed E-state index contributed by atoms with van der Waals surface area (Å²) >= 11 is 10.4. The van der Waals surface area contributed by atoms with Crippen molar-refractivity contribution in [2.24, 2.45) is 0 Å². The van der Waals surface area contributed by atoms with E-state index in [1.54, 1.807) is 0 Å². The molecule has 0 radical (unpaired) electrons. The molecular formula is C17H21ClN4O3S4. The quantitative estimate of drug-likeness (QED) is 0.578.